The molecule has 0 fully saturated rings. The van der Waals surface area contributed by atoms with Crippen molar-refractivity contribution in [1.82, 2.24) is 4.90 Å². The number of hydrogen-bond donors (Lipinski definition) is 2. The lowest BCUT2D eigenvalue weighted by molar-refractivity contribution is 0.0696. The van der Waals surface area contributed by atoms with Crippen LogP contribution in [-0.4, -0.2) is 40.7 Å². The zero-order valence-electron chi connectivity index (χ0n) is 10.3. The second-order valence-electron chi connectivity index (χ2n) is 3.93. The van der Waals surface area contributed by atoms with Crippen LogP contribution in [0.5, 0.6) is 5.75 Å². The number of aromatic carboxylic acids is 1. The van der Waals surface area contributed by atoms with Gasteiger partial charge in [-0.05, 0) is 43.3 Å². The topological polar surface area (TPSA) is 60.8 Å². The zero-order chi connectivity index (χ0) is 12.8. The summed E-state index contributed by atoms with van der Waals surface area (Å²) >= 11 is 0. The molecule has 0 aliphatic heterocycles. The summed E-state index contributed by atoms with van der Waals surface area (Å²) in [6.07, 6.45) is 0.661. The van der Waals surface area contributed by atoms with Crippen LogP contribution in [0.15, 0.2) is 18.2 Å². The van der Waals surface area contributed by atoms with Crippen LogP contribution in [0.2, 0.25) is 0 Å². The Bertz CT molecular complexity index is 386. The van der Waals surface area contributed by atoms with Crippen molar-refractivity contribution in [2.24, 2.45) is 0 Å². The predicted octanol–water partition coefficient (Wildman–Crippen LogP) is 1.97. The Labute approximate surface area is 101 Å². The molecule has 94 valence electrons. The molecule has 0 heterocycles. The molecule has 1 aromatic carbocycles. The first-order chi connectivity index (χ1) is 8.08. The van der Waals surface area contributed by atoms with E-state index >= 15 is 0 Å². The molecule has 0 amide bonds. The van der Waals surface area contributed by atoms with Gasteiger partial charge in [0.05, 0.1) is 5.56 Å². The molecule has 0 aromatic heterocycles. The second kappa shape index (κ2) is 6.25. The number of carbonyl (C=O) groups is 1. The molecule has 2 N–H and O–H groups in total. The second-order valence-corrected chi connectivity index (χ2v) is 3.93. The van der Waals surface area contributed by atoms with E-state index in [1.165, 1.54) is 12.1 Å². The Kier molecular flexibility index (Phi) is 4.97. The minimum absolute atomic E-state index is 0.169. The molecule has 0 bridgehead atoms. The van der Waals surface area contributed by atoms with Gasteiger partial charge in [0.15, 0.2) is 0 Å². The highest BCUT2D eigenvalue weighted by molar-refractivity contribution is 5.88. The molecule has 0 aliphatic carbocycles. The standard InChI is InChI=1S/C13H19NO3/c1-3-14(4-2)8-7-10-9-11(13(16)17)5-6-12(10)15/h5-6,9,15H,3-4,7-8H2,1-2H3,(H,16,17). The van der Waals surface area contributed by atoms with E-state index in [0.29, 0.717) is 12.0 Å². The van der Waals surface area contributed by atoms with Crippen molar-refractivity contribution in [2.45, 2.75) is 20.3 Å². The third kappa shape index (κ3) is 3.75. The fourth-order valence-electron chi connectivity index (χ4n) is 1.74. The monoisotopic (exact) mass is 237 g/mol. The number of likely N-dealkylation sites (N-methyl/N-ethyl adjacent to an activating group) is 1. The first-order valence-corrected chi connectivity index (χ1v) is 5.86. The summed E-state index contributed by atoms with van der Waals surface area (Å²) in [6, 6.07) is 4.40. The van der Waals surface area contributed by atoms with Gasteiger partial charge in [-0.3, -0.25) is 0 Å². The van der Waals surface area contributed by atoms with Gasteiger partial charge in [0.1, 0.15) is 5.75 Å². The van der Waals surface area contributed by atoms with Crippen molar-refractivity contribution in [2.75, 3.05) is 19.6 Å². The summed E-state index contributed by atoms with van der Waals surface area (Å²) in [5.41, 5.74) is 0.911. The van der Waals surface area contributed by atoms with Gasteiger partial charge in [-0.15, -0.1) is 0 Å². The Hall–Kier alpha value is -1.55. The van der Waals surface area contributed by atoms with Gasteiger partial charge in [0, 0.05) is 6.54 Å². The van der Waals surface area contributed by atoms with E-state index in [2.05, 4.69) is 18.7 Å². The van der Waals surface area contributed by atoms with Gasteiger partial charge in [-0.25, -0.2) is 4.79 Å². The van der Waals surface area contributed by atoms with Gasteiger partial charge >= 0.3 is 5.97 Å². The Balaban J connectivity index is 2.75. The molecule has 0 unspecified atom stereocenters. The summed E-state index contributed by atoms with van der Waals surface area (Å²) in [6.45, 7) is 6.89. The van der Waals surface area contributed by atoms with E-state index in [0.717, 1.165) is 19.6 Å². The Morgan fingerprint density at radius 1 is 1.29 bits per heavy atom. The van der Waals surface area contributed by atoms with Gasteiger partial charge in [0.25, 0.3) is 0 Å². The number of rotatable bonds is 6. The first kappa shape index (κ1) is 13.5. The van der Waals surface area contributed by atoms with Crippen molar-refractivity contribution in [1.29, 1.82) is 0 Å². The highest BCUT2D eigenvalue weighted by Gasteiger charge is 2.08. The molecule has 0 aliphatic rings. The van der Waals surface area contributed by atoms with Gasteiger partial charge in [-0.1, -0.05) is 13.8 Å². The molecular weight excluding hydrogens is 218 g/mol. The molecule has 17 heavy (non-hydrogen) atoms. The van der Waals surface area contributed by atoms with E-state index in [4.69, 9.17) is 5.11 Å². The van der Waals surface area contributed by atoms with Crippen LogP contribution >= 0.6 is 0 Å². The maximum atomic E-state index is 10.8. The molecular formula is C13H19NO3. The number of carboxylic acid groups (broad SMARTS) is 1. The van der Waals surface area contributed by atoms with Crippen LogP contribution in [0, 0.1) is 0 Å². The van der Waals surface area contributed by atoms with Crippen molar-refractivity contribution < 1.29 is 15.0 Å². The smallest absolute Gasteiger partial charge is 0.335 e. The molecule has 1 aromatic rings. The highest BCUT2D eigenvalue weighted by Crippen LogP contribution is 2.19. The SMILES string of the molecule is CCN(CC)CCc1cc(C(=O)O)ccc1O. The largest absolute Gasteiger partial charge is 0.508 e. The van der Waals surface area contributed by atoms with Crippen LogP contribution in [-0.2, 0) is 6.42 Å². The average Bonchev–Trinajstić information content (AvgIpc) is 2.32. The molecule has 0 radical (unpaired) electrons. The number of benzene rings is 1. The van der Waals surface area contributed by atoms with Crippen molar-refractivity contribution >= 4 is 5.97 Å². The van der Waals surface area contributed by atoms with Crippen LogP contribution in [0.1, 0.15) is 29.8 Å². The third-order valence-corrected chi connectivity index (χ3v) is 2.92. The summed E-state index contributed by atoms with van der Waals surface area (Å²) in [5, 5.41) is 18.5. The minimum Gasteiger partial charge on any atom is -0.508 e. The summed E-state index contributed by atoms with van der Waals surface area (Å²) < 4.78 is 0. The van der Waals surface area contributed by atoms with Crippen molar-refractivity contribution in [3.05, 3.63) is 29.3 Å². The van der Waals surface area contributed by atoms with E-state index in [9.17, 15) is 9.90 Å². The fourth-order valence-corrected chi connectivity index (χ4v) is 1.74. The molecule has 0 atom stereocenters. The predicted molar refractivity (Wildman–Crippen MR) is 66.6 cm³/mol. The quantitative estimate of drug-likeness (QED) is 0.794. The molecule has 4 nitrogen and oxygen atoms in total. The lowest BCUT2D eigenvalue weighted by atomic mass is 10.1. The maximum Gasteiger partial charge on any atom is 0.335 e. The van der Waals surface area contributed by atoms with E-state index in [1.807, 2.05) is 0 Å². The van der Waals surface area contributed by atoms with Crippen LogP contribution in [0.4, 0.5) is 0 Å². The normalized spacial score (nSPS) is 10.8. The minimum atomic E-state index is -0.964. The number of hydrogen-bond acceptors (Lipinski definition) is 3. The van der Waals surface area contributed by atoms with Crippen LogP contribution in [0.3, 0.4) is 0 Å². The number of phenols is 1. The summed E-state index contributed by atoms with van der Waals surface area (Å²) in [4.78, 5) is 13.1. The molecule has 0 saturated carbocycles. The highest BCUT2D eigenvalue weighted by atomic mass is 16.4. The molecule has 4 heteroatoms. The zero-order valence-corrected chi connectivity index (χ0v) is 10.3. The van der Waals surface area contributed by atoms with Gasteiger partial charge in [-0.2, -0.15) is 0 Å². The average molecular weight is 237 g/mol. The fraction of sp³-hybridized carbons (Fsp3) is 0.462. The number of aromatic hydroxyl groups is 1. The van der Waals surface area contributed by atoms with Crippen molar-refractivity contribution in [3.63, 3.8) is 0 Å². The lowest BCUT2D eigenvalue weighted by Gasteiger charge is -2.18. The van der Waals surface area contributed by atoms with E-state index < -0.39 is 5.97 Å². The summed E-state index contributed by atoms with van der Waals surface area (Å²) in [5.74, 6) is -0.795. The van der Waals surface area contributed by atoms with E-state index in [1.54, 1.807) is 6.07 Å². The Morgan fingerprint density at radius 2 is 1.94 bits per heavy atom. The van der Waals surface area contributed by atoms with Gasteiger partial charge in [0.2, 0.25) is 0 Å². The number of phenolic OH excluding ortho intramolecular Hbond substituents is 1. The maximum absolute atomic E-state index is 10.8. The first-order valence-electron chi connectivity index (χ1n) is 5.86. The summed E-state index contributed by atoms with van der Waals surface area (Å²) in [7, 11) is 0. The number of nitrogens with zero attached hydrogens (tertiary/aromatic N) is 1. The lowest BCUT2D eigenvalue weighted by Crippen LogP contribution is -2.25. The van der Waals surface area contributed by atoms with Crippen LogP contribution < -0.4 is 0 Å². The van der Waals surface area contributed by atoms with Crippen LogP contribution in [0.25, 0.3) is 0 Å². The van der Waals surface area contributed by atoms with Gasteiger partial charge < -0.3 is 15.1 Å². The van der Waals surface area contributed by atoms with Crippen molar-refractivity contribution in [3.8, 4) is 5.75 Å². The Morgan fingerprint density at radius 3 is 2.47 bits per heavy atom. The molecule has 1 rings (SSSR count). The molecule has 0 saturated heterocycles. The third-order valence-electron chi connectivity index (χ3n) is 2.92. The molecule has 0 spiro atoms. The number of carboxylic acids is 1. The van der Waals surface area contributed by atoms with E-state index in [-0.39, 0.29) is 11.3 Å².